The summed E-state index contributed by atoms with van der Waals surface area (Å²) in [5.74, 6) is -0.941. The van der Waals surface area contributed by atoms with E-state index in [4.69, 9.17) is 0 Å². The van der Waals surface area contributed by atoms with Gasteiger partial charge in [0.05, 0.1) is 6.20 Å². The number of rotatable bonds is 3. The SMILES string of the molecule is O=C(O)[C@H]1CC2(CCN(C(=O)C3CC3)CC2)CN1C(=O)c1cnccn1. The highest BCUT2D eigenvalue weighted by atomic mass is 16.4. The fourth-order valence-corrected chi connectivity index (χ4v) is 4.20. The molecule has 0 unspecified atom stereocenters. The molecule has 1 aliphatic carbocycles. The predicted molar refractivity (Wildman–Crippen MR) is 90.1 cm³/mol. The molecule has 1 atom stereocenters. The van der Waals surface area contributed by atoms with Crippen molar-refractivity contribution in [1.82, 2.24) is 19.8 Å². The number of carbonyl (C=O) groups is 3. The number of aliphatic carboxylic acids is 1. The van der Waals surface area contributed by atoms with Gasteiger partial charge in [-0.1, -0.05) is 0 Å². The summed E-state index contributed by atoms with van der Waals surface area (Å²) < 4.78 is 0. The monoisotopic (exact) mass is 358 g/mol. The first-order valence-electron chi connectivity index (χ1n) is 9.08. The van der Waals surface area contributed by atoms with Crippen LogP contribution in [0.2, 0.25) is 0 Å². The smallest absolute Gasteiger partial charge is 0.326 e. The third-order valence-corrected chi connectivity index (χ3v) is 5.90. The molecule has 26 heavy (non-hydrogen) atoms. The minimum absolute atomic E-state index is 0.164. The Morgan fingerprint density at radius 3 is 2.46 bits per heavy atom. The molecule has 3 heterocycles. The molecule has 2 aliphatic heterocycles. The summed E-state index contributed by atoms with van der Waals surface area (Å²) in [6, 6.07) is -0.852. The molecule has 8 nitrogen and oxygen atoms in total. The second kappa shape index (κ2) is 6.34. The number of likely N-dealkylation sites (tertiary alicyclic amines) is 2. The van der Waals surface area contributed by atoms with Crippen molar-refractivity contribution in [3.63, 3.8) is 0 Å². The molecular formula is C18H22N4O4. The summed E-state index contributed by atoms with van der Waals surface area (Å²) in [6.07, 6.45) is 8.15. The number of hydrogen-bond donors (Lipinski definition) is 1. The third-order valence-electron chi connectivity index (χ3n) is 5.90. The Kier molecular flexibility index (Phi) is 4.13. The summed E-state index contributed by atoms with van der Waals surface area (Å²) in [4.78, 5) is 48.0. The fourth-order valence-electron chi connectivity index (χ4n) is 4.20. The highest BCUT2D eigenvalue weighted by molar-refractivity contribution is 5.95. The highest BCUT2D eigenvalue weighted by Crippen LogP contribution is 2.44. The van der Waals surface area contributed by atoms with Crippen LogP contribution in [0.5, 0.6) is 0 Å². The summed E-state index contributed by atoms with van der Waals surface area (Å²) in [6.45, 7) is 1.69. The molecule has 1 aromatic rings. The van der Waals surface area contributed by atoms with Gasteiger partial charge in [0.2, 0.25) is 5.91 Å². The van der Waals surface area contributed by atoms with Crippen molar-refractivity contribution in [3.8, 4) is 0 Å². The number of carboxylic acid groups (broad SMARTS) is 1. The summed E-state index contributed by atoms with van der Waals surface area (Å²) in [7, 11) is 0. The molecule has 1 aromatic heterocycles. The largest absolute Gasteiger partial charge is 0.480 e. The summed E-state index contributed by atoms with van der Waals surface area (Å²) in [5, 5.41) is 9.62. The van der Waals surface area contributed by atoms with E-state index >= 15 is 0 Å². The minimum atomic E-state index is -0.990. The van der Waals surface area contributed by atoms with Gasteiger partial charge in [0, 0.05) is 37.9 Å². The Hall–Kier alpha value is -2.51. The van der Waals surface area contributed by atoms with E-state index in [1.54, 1.807) is 0 Å². The molecule has 0 bridgehead atoms. The maximum atomic E-state index is 12.8. The Morgan fingerprint density at radius 2 is 1.88 bits per heavy atom. The van der Waals surface area contributed by atoms with Gasteiger partial charge in [0.15, 0.2) is 0 Å². The van der Waals surface area contributed by atoms with Gasteiger partial charge in [0.25, 0.3) is 5.91 Å². The molecule has 138 valence electrons. The van der Waals surface area contributed by atoms with Crippen molar-refractivity contribution in [3.05, 3.63) is 24.3 Å². The standard InChI is InChI=1S/C18H22N4O4/c23-15(12-1-2-12)21-7-3-18(4-8-21)9-14(17(25)26)22(11-18)16(24)13-10-19-5-6-20-13/h5-6,10,12,14H,1-4,7-9,11H2,(H,25,26)/t14-/m1/s1. The van der Waals surface area contributed by atoms with E-state index in [-0.39, 0.29) is 28.8 Å². The highest BCUT2D eigenvalue weighted by Gasteiger charge is 2.51. The van der Waals surface area contributed by atoms with Crippen molar-refractivity contribution >= 4 is 17.8 Å². The molecule has 0 aromatic carbocycles. The maximum absolute atomic E-state index is 12.8. The van der Waals surface area contributed by atoms with Crippen molar-refractivity contribution in [2.24, 2.45) is 11.3 Å². The van der Waals surface area contributed by atoms with Crippen LogP contribution in [-0.4, -0.2) is 68.3 Å². The van der Waals surface area contributed by atoms with Gasteiger partial charge >= 0.3 is 5.97 Å². The van der Waals surface area contributed by atoms with Gasteiger partial charge in [0.1, 0.15) is 11.7 Å². The number of carbonyl (C=O) groups excluding carboxylic acids is 2. The average molecular weight is 358 g/mol. The van der Waals surface area contributed by atoms with E-state index in [1.165, 1.54) is 23.5 Å². The van der Waals surface area contributed by atoms with E-state index in [2.05, 4.69) is 9.97 Å². The van der Waals surface area contributed by atoms with E-state index in [0.717, 1.165) is 25.7 Å². The van der Waals surface area contributed by atoms with E-state index in [9.17, 15) is 19.5 Å². The summed E-state index contributed by atoms with van der Waals surface area (Å²) in [5.41, 5.74) is -0.0708. The maximum Gasteiger partial charge on any atom is 0.326 e. The van der Waals surface area contributed by atoms with Crippen LogP contribution in [0.1, 0.15) is 42.6 Å². The van der Waals surface area contributed by atoms with Crippen LogP contribution in [-0.2, 0) is 9.59 Å². The number of nitrogens with zero attached hydrogens (tertiary/aromatic N) is 4. The molecule has 2 saturated heterocycles. The molecule has 4 rings (SSSR count). The Morgan fingerprint density at radius 1 is 1.15 bits per heavy atom. The van der Waals surface area contributed by atoms with Crippen molar-refractivity contribution in [2.45, 2.75) is 38.1 Å². The predicted octanol–water partition coefficient (Wildman–Crippen LogP) is 0.794. The second-order valence-electron chi connectivity index (χ2n) is 7.68. The Bertz CT molecular complexity index is 726. The number of aromatic nitrogens is 2. The lowest BCUT2D eigenvalue weighted by atomic mass is 9.76. The third kappa shape index (κ3) is 3.04. The lowest BCUT2D eigenvalue weighted by Crippen LogP contribution is -2.45. The number of hydrogen-bond acceptors (Lipinski definition) is 5. The second-order valence-corrected chi connectivity index (χ2v) is 7.68. The fraction of sp³-hybridized carbons (Fsp3) is 0.611. The van der Waals surface area contributed by atoms with Crippen LogP contribution in [0.15, 0.2) is 18.6 Å². The van der Waals surface area contributed by atoms with Crippen LogP contribution in [0.3, 0.4) is 0 Å². The zero-order valence-electron chi connectivity index (χ0n) is 14.5. The Balaban J connectivity index is 1.48. The first kappa shape index (κ1) is 16.9. The normalized spacial score (nSPS) is 24.7. The lowest BCUT2D eigenvalue weighted by molar-refractivity contribution is -0.141. The van der Waals surface area contributed by atoms with Gasteiger partial charge in [-0.25, -0.2) is 9.78 Å². The minimum Gasteiger partial charge on any atom is -0.480 e. The number of carboxylic acids is 1. The van der Waals surface area contributed by atoms with E-state index < -0.39 is 12.0 Å². The molecular weight excluding hydrogens is 336 g/mol. The topological polar surface area (TPSA) is 104 Å². The van der Waals surface area contributed by atoms with Gasteiger partial charge in [-0.3, -0.25) is 14.6 Å². The summed E-state index contributed by atoms with van der Waals surface area (Å²) >= 11 is 0. The quantitative estimate of drug-likeness (QED) is 0.857. The van der Waals surface area contributed by atoms with Crippen molar-refractivity contribution in [2.75, 3.05) is 19.6 Å². The molecule has 3 fully saturated rings. The first-order chi connectivity index (χ1) is 12.5. The van der Waals surface area contributed by atoms with Crippen molar-refractivity contribution < 1.29 is 19.5 Å². The van der Waals surface area contributed by atoms with E-state index in [0.29, 0.717) is 26.1 Å². The number of amides is 2. The molecule has 1 saturated carbocycles. The molecule has 8 heteroatoms. The van der Waals surface area contributed by atoms with Crippen LogP contribution in [0.25, 0.3) is 0 Å². The molecule has 2 amide bonds. The zero-order valence-corrected chi connectivity index (χ0v) is 14.5. The van der Waals surface area contributed by atoms with Gasteiger partial charge < -0.3 is 14.9 Å². The van der Waals surface area contributed by atoms with Gasteiger partial charge in [-0.15, -0.1) is 0 Å². The first-order valence-corrected chi connectivity index (χ1v) is 9.08. The number of piperidine rings is 1. The van der Waals surface area contributed by atoms with Crippen LogP contribution in [0, 0.1) is 11.3 Å². The molecule has 3 aliphatic rings. The molecule has 0 radical (unpaired) electrons. The van der Waals surface area contributed by atoms with Gasteiger partial charge in [-0.2, -0.15) is 0 Å². The molecule has 1 spiro atoms. The van der Waals surface area contributed by atoms with Crippen LogP contribution in [0.4, 0.5) is 0 Å². The van der Waals surface area contributed by atoms with E-state index in [1.807, 2.05) is 4.90 Å². The molecule has 1 N–H and O–H groups in total. The van der Waals surface area contributed by atoms with Crippen molar-refractivity contribution in [1.29, 1.82) is 0 Å². The average Bonchev–Trinajstić information content (AvgIpc) is 3.44. The Labute approximate surface area is 151 Å². The lowest BCUT2D eigenvalue weighted by Gasteiger charge is -2.39. The van der Waals surface area contributed by atoms with Gasteiger partial charge in [-0.05, 0) is 37.5 Å². The zero-order chi connectivity index (χ0) is 18.3. The van der Waals surface area contributed by atoms with Crippen LogP contribution < -0.4 is 0 Å². The van der Waals surface area contributed by atoms with Crippen LogP contribution >= 0.6 is 0 Å².